The molecule has 0 saturated heterocycles. The molecule has 204 valence electrons. The fourth-order valence-corrected chi connectivity index (χ4v) is 4.46. The summed E-state index contributed by atoms with van der Waals surface area (Å²) in [6, 6.07) is 22.6. The fourth-order valence-electron chi connectivity index (χ4n) is 4.46. The topological polar surface area (TPSA) is 77.7 Å². The SMILES string of the molecule is COCc1cc(-c2nc(-c3cccc(CCN(C)CC(=O)OC(C)(C)C)c3)no2)ccc1-c1ccccc1C. The average Bonchev–Trinajstić information content (AvgIpc) is 3.38. The number of methoxy groups -OCH3 is 1. The molecule has 7 nitrogen and oxygen atoms in total. The Balaban J connectivity index is 1.47. The molecule has 0 aliphatic heterocycles. The molecule has 3 aromatic carbocycles. The second kappa shape index (κ2) is 12.4. The summed E-state index contributed by atoms with van der Waals surface area (Å²) in [5.41, 5.74) is 6.94. The van der Waals surface area contributed by atoms with Crippen LogP contribution in [0, 0.1) is 6.92 Å². The van der Waals surface area contributed by atoms with Crippen LogP contribution in [0.3, 0.4) is 0 Å². The van der Waals surface area contributed by atoms with E-state index in [0.29, 0.717) is 18.3 Å². The number of carbonyl (C=O) groups is 1. The molecule has 0 fully saturated rings. The Hall–Kier alpha value is -3.81. The van der Waals surface area contributed by atoms with E-state index in [9.17, 15) is 4.79 Å². The zero-order valence-electron chi connectivity index (χ0n) is 23.7. The van der Waals surface area contributed by atoms with Crippen LogP contribution in [0.2, 0.25) is 0 Å². The number of esters is 1. The van der Waals surface area contributed by atoms with Gasteiger partial charge < -0.3 is 14.0 Å². The van der Waals surface area contributed by atoms with Gasteiger partial charge in [0.2, 0.25) is 5.82 Å². The highest BCUT2D eigenvalue weighted by atomic mass is 16.6. The van der Waals surface area contributed by atoms with Crippen molar-refractivity contribution in [3.05, 3.63) is 83.4 Å². The van der Waals surface area contributed by atoms with Gasteiger partial charge in [-0.05, 0) is 87.2 Å². The van der Waals surface area contributed by atoms with E-state index < -0.39 is 5.60 Å². The first-order valence-corrected chi connectivity index (χ1v) is 13.1. The molecule has 0 aliphatic rings. The fraction of sp³-hybridized carbons (Fsp3) is 0.344. The van der Waals surface area contributed by atoms with Crippen LogP contribution in [0.25, 0.3) is 34.0 Å². The van der Waals surface area contributed by atoms with Gasteiger partial charge >= 0.3 is 5.97 Å². The maximum Gasteiger partial charge on any atom is 0.320 e. The Morgan fingerprint density at radius 1 is 0.974 bits per heavy atom. The molecule has 4 rings (SSSR count). The number of hydrogen-bond donors (Lipinski definition) is 0. The van der Waals surface area contributed by atoms with E-state index in [1.165, 1.54) is 11.1 Å². The Morgan fingerprint density at radius 3 is 2.51 bits per heavy atom. The molecular formula is C32H37N3O4. The van der Waals surface area contributed by atoms with E-state index in [1.54, 1.807) is 7.11 Å². The molecule has 39 heavy (non-hydrogen) atoms. The van der Waals surface area contributed by atoms with Crippen LogP contribution in [0.15, 0.2) is 71.3 Å². The van der Waals surface area contributed by atoms with Crippen molar-refractivity contribution in [2.75, 3.05) is 27.2 Å². The average molecular weight is 528 g/mol. The summed E-state index contributed by atoms with van der Waals surface area (Å²) < 4.78 is 16.6. The minimum absolute atomic E-state index is 0.223. The van der Waals surface area contributed by atoms with Gasteiger partial charge in [-0.2, -0.15) is 4.98 Å². The lowest BCUT2D eigenvalue weighted by Crippen LogP contribution is -2.33. The molecule has 0 atom stereocenters. The lowest BCUT2D eigenvalue weighted by atomic mass is 9.94. The molecule has 4 aromatic rings. The Labute approximate surface area is 230 Å². The van der Waals surface area contributed by atoms with Crippen molar-refractivity contribution in [3.63, 3.8) is 0 Å². The first-order valence-electron chi connectivity index (χ1n) is 13.1. The normalized spacial score (nSPS) is 11.7. The lowest BCUT2D eigenvalue weighted by Gasteiger charge is -2.22. The van der Waals surface area contributed by atoms with E-state index in [1.807, 2.05) is 63.1 Å². The van der Waals surface area contributed by atoms with E-state index >= 15 is 0 Å². The zero-order chi connectivity index (χ0) is 28.0. The molecule has 0 unspecified atom stereocenters. The third-order valence-corrected chi connectivity index (χ3v) is 6.30. The number of hydrogen-bond acceptors (Lipinski definition) is 7. The number of likely N-dealkylation sites (N-methyl/N-ethyl adjacent to an activating group) is 1. The maximum atomic E-state index is 12.1. The molecule has 0 saturated carbocycles. The summed E-state index contributed by atoms with van der Waals surface area (Å²) in [7, 11) is 3.61. The number of rotatable bonds is 10. The molecule has 7 heteroatoms. The number of aromatic nitrogens is 2. The Kier molecular flexibility index (Phi) is 8.94. The van der Waals surface area contributed by atoms with E-state index in [4.69, 9.17) is 19.0 Å². The number of nitrogens with zero attached hydrogens (tertiary/aromatic N) is 3. The molecule has 0 bridgehead atoms. The van der Waals surface area contributed by atoms with Crippen LogP contribution < -0.4 is 0 Å². The van der Waals surface area contributed by atoms with Crippen LogP contribution >= 0.6 is 0 Å². The standard InChI is InChI=1S/C32H37N3O4/c1-22-10-7-8-13-27(22)28-15-14-25(19-26(28)21-37-6)31-33-30(34-39-31)24-12-9-11-23(18-24)16-17-35(5)20-29(36)38-32(2,3)4/h7-15,18-19H,16-17,20-21H2,1-6H3. The van der Waals surface area contributed by atoms with Crippen molar-refractivity contribution in [2.45, 2.75) is 46.3 Å². The molecule has 0 N–H and O–H groups in total. The molecular weight excluding hydrogens is 490 g/mol. The van der Waals surface area contributed by atoms with Gasteiger partial charge in [0.25, 0.3) is 5.89 Å². The predicted octanol–water partition coefficient (Wildman–Crippen LogP) is 6.34. The monoisotopic (exact) mass is 527 g/mol. The first kappa shape index (κ1) is 28.2. The van der Waals surface area contributed by atoms with Crippen LogP contribution in [0.1, 0.15) is 37.5 Å². The van der Waals surface area contributed by atoms with Crippen molar-refractivity contribution < 1.29 is 18.8 Å². The largest absolute Gasteiger partial charge is 0.459 e. The molecule has 0 aliphatic carbocycles. The minimum atomic E-state index is -0.482. The molecule has 1 aromatic heterocycles. The van der Waals surface area contributed by atoms with Gasteiger partial charge in [0.05, 0.1) is 13.2 Å². The molecule has 1 heterocycles. The number of aryl methyl sites for hydroxylation is 1. The van der Waals surface area contributed by atoms with E-state index in [-0.39, 0.29) is 12.5 Å². The van der Waals surface area contributed by atoms with Gasteiger partial charge in [-0.1, -0.05) is 53.7 Å². The van der Waals surface area contributed by atoms with Gasteiger partial charge in [0, 0.05) is 24.8 Å². The molecule has 0 amide bonds. The summed E-state index contributed by atoms with van der Waals surface area (Å²) in [5, 5.41) is 4.25. The van der Waals surface area contributed by atoms with Crippen molar-refractivity contribution in [2.24, 2.45) is 0 Å². The van der Waals surface area contributed by atoms with Crippen LogP contribution in [0.4, 0.5) is 0 Å². The van der Waals surface area contributed by atoms with Crippen molar-refractivity contribution >= 4 is 5.97 Å². The predicted molar refractivity (Wildman–Crippen MR) is 153 cm³/mol. The minimum Gasteiger partial charge on any atom is -0.459 e. The lowest BCUT2D eigenvalue weighted by molar-refractivity contribution is -0.155. The number of carbonyl (C=O) groups excluding carboxylic acids is 1. The zero-order valence-corrected chi connectivity index (χ0v) is 23.7. The van der Waals surface area contributed by atoms with Gasteiger partial charge in [-0.3, -0.25) is 9.69 Å². The summed E-state index contributed by atoms with van der Waals surface area (Å²) in [4.78, 5) is 18.8. The van der Waals surface area contributed by atoms with Crippen LogP contribution in [0.5, 0.6) is 0 Å². The second-order valence-corrected chi connectivity index (χ2v) is 10.8. The Morgan fingerprint density at radius 2 is 1.77 bits per heavy atom. The van der Waals surface area contributed by atoms with Crippen LogP contribution in [-0.2, 0) is 27.3 Å². The number of benzene rings is 3. The van der Waals surface area contributed by atoms with Gasteiger partial charge in [-0.25, -0.2) is 0 Å². The Bertz CT molecular complexity index is 1420. The summed E-state index contributed by atoms with van der Waals surface area (Å²) in [6.45, 7) is 9.17. The van der Waals surface area contributed by atoms with Gasteiger partial charge in [0.1, 0.15) is 5.60 Å². The smallest absolute Gasteiger partial charge is 0.320 e. The van der Waals surface area contributed by atoms with E-state index in [0.717, 1.165) is 40.8 Å². The first-order chi connectivity index (χ1) is 18.6. The maximum absolute atomic E-state index is 12.1. The van der Waals surface area contributed by atoms with E-state index in [2.05, 4.69) is 48.5 Å². The van der Waals surface area contributed by atoms with Gasteiger partial charge in [0.15, 0.2) is 0 Å². The second-order valence-electron chi connectivity index (χ2n) is 10.8. The summed E-state index contributed by atoms with van der Waals surface area (Å²) in [5.74, 6) is 0.769. The third kappa shape index (κ3) is 7.62. The third-order valence-electron chi connectivity index (χ3n) is 6.30. The highest BCUT2D eigenvalue weighted by Gasteiger charge is 2.18. The summed E-state index contributed by atoms with van der Waals surface area (Å²) in [6.07, 6.45) is 0.776. The highest BCUT2D eigenvalue weighted by molar-refractivity contribution is 5.74. The van der Waals surface area contributed by atoms with Crippen molar-refractivity contribution in [1.29, 1.82) is 0 Å². The van der Waals surface area contributed by atoms with Crippen molar-refractivity contribution in [1.82, 2.24) is 15.0 Å². The van der Waals surface area contributed by atoms with Gasteiger partial charge in [-0.15, -0.1) is 0 Å². The summed E-state index contributed by atoms with van der Waals surface area (Å²) >= 11 is 0. The van der Waals surface area contributed by atoms with Crippen LogP contribution in [-0.4, -0.2) is 53.9 Å². The quantitative estimate of drug-likeness (QED) is 0.223. The molecule has 0 radical (unpaired) electrons. The number of ether oxygens (including phenoxy) is 2. The highest BCUT2D eigenvalue weighted by Crippen LogP contribution is 2.31. The van der Waals surface area contributed by atoms with Crippen molar-refractivity contribution in [3.8, 4) is 34.0 Å². The molecule has 0 spiro atoms.